The lowest BCUT2D eigenvalue weighted by Crippen LogP contribution is -2.49. The standard InChI is InChI=1S/C21H21N5O3/c27-19(24-15-18-6-2-13-29-18)16-4-1-5-17(14-16)20(28)25-9-11-26(12-10-25)21-22-7-3-8-23-21/h1-8,13-14H,9-12,15H2,(H,24,27). The van der Waals surface area contributed by atoms with Crippen molar-refractivity contribution in [2.45, 2.75) is 6.54 Å². The molecule has 0 atom stereocenters. The number of amides is 2. The maximum absolute atomic E-state index is 12.9. The summed E-state index contributed by atoms with van der Waals surface area (Å²) in [6.07, 6.45) is 4.98. The first-order valence-electron chi connectivity index (χ1n) is 9.42. The van der Waals surface area contributed by atoms with Crippen molar-refractivity contribution in [1.82, 2.24) is 20.2 Å². The number of carbonyl (C=O) groups excluding carboxylic acids is 2. The molecule has 0 spiro atoms. The molecule has 0 radical (unpaired) electrons. The van der Waals surface area contributed by atoms with Crippen molar-refractivity contribution in [2.24, 2.45) is 0 Å². The zero-order valence-electron chi connectivity index (χ0n) is 15.8. The molecule has 8 nitrogen and oxygen atoms in total. The lowest BCUT2D eigenvalue weighted by molar-refractivity contribution is 0.0746. The van der Waals surface area contributed by atoms with E-state index >= 15 is 0 Å². The number of piperazine rings is 1. The van der Waals surface area contributed by atoms with Crippen molar-refractivity contribution in [3.8, 4) is 0 Å². The smallest absolute Gasteiger partial charge is 0.253 e. The van der Waals surface area contributed by atoms with Crippen molar-refractivity contribution in [3.05, 3.63) is 78.0 Å². The van der Waals surface area contributed by atoms with Gasteiger partial charge in [-0.25, -0.2) is 9.97 Å². The molecule has 0 unspecified atom stereocenters. The third-order valence-electron chi connectivity index (χ3n) is 4.78. The highest BCUT2D eigenvalue weighted by molar-refractivity contribution is 5.99. The molecule has 2 amide bonds. The molecule has 1 N–H and O–H groups in total. The summed E-state index contributed by atoms with van der Waals surface area (Å²) in [5.74, 6) is 1.02. The second kappa shape index (κ2) is 8.55. The fraction of sp³-hybridized carbons (Fsp3) is 0.238. The number of nitrogens with zero attached hydrogens (tertiary/aromatic N) is 4. The molecular formula is C21H21N5O3. The predicted octanol–water partition coefficient (Wildman–Crippen LogP) is 1.96. The van der Waals surface area contributed by atoms with E-state index in [-0.39, 0.29) is 11.8 Å². The molecule has 1 fully saturated rings. The topological polar surface area (TPSA) is 91.6 Å². The molecule has 1 aliphatic heterocycles. The van der Waals surface area contributed by atoms with Crippen molar-refractivity contribution in [2.75, 3.05) is 31.1 Å². The van der Waals surface area contributed by atoms with Crippen LogP contribution in [-0.2, 0) is 6.54 Å². The highest BCUT2D eigenvalue weighted by atomic mass is 16.3. The van der Waals surface area contributed by atoms with Gasteiger partial charge in [-0.05, 0) is 36.4 Å². The van der Waals surface area contributed by atoms with Gasteiger partial charge < -0.3 is 19.5 Å². The average molecular weight is 391 g/mol. The van der Waals surface area contributed by atoms with Crippen molar-refractivity contribution in [3.63, 3.8) is 0 Å². The van der Waals surface area contributed by atoms with Crippen LogP contribution in [0.5, 0.6) is 0 Å². The van der Waals surface area contributed by atoms with Crippen molar-refractivity contribution >= 4 is 17.8 Å². The quantitative estimate of drug-likeness (QED) is 0.715. The second-order valence-corrected chi connectivity index (χ2v) is 6.67. The highest BCUT2D eigenvalue weighted by Gasteiger charge is 2.23. The van der Waals surface area contributed by atoms with Crippen LogP contribution in [0.2, 0.25) is 0 Å². The van der Waals surface area contributed by atoms with Crippen molar-refractivity contribution in [1.29, 1.82) is 0 Å². The summed E-state index contributed by atoms with van der Waals surface area (Å²) in [7, 11) is 0. The minimum atomic E-state index is -0.248. The lowest BCUT2D eigenvalue weighted by Gasteiger charge is -2.34. The summed E-state index contributed by atoms with van der Waals surface area (Å²) >= 11 is 0. The molecule has 8 heteroatoms. The number of rotatable bonds is 5. The number of anilines is 1. The molecule has 3 heterocycles. The number of hydrogen-bond acceptors (Lipinski definition) is 6. The van der Waals surface area contributed by atoms with Gasteiger partial charge in [-0.15, -0.1) is 0 Å². The van der Waals surface area contributed by atoms with E-state index < -0.39 is 0 Å². The Morgan fingerprint density at radius 1 is 0.966 bits per heavy atom. The van der Waals surface area contributed by atoms with Crippen LogP contribution in [0.25, 0.3) is 0 Å². The fourth-order valence-electron chi connectivity index (χ4n) is 3.22. The molecule has 0 bridgehead atoms. The molecule has 1 aliphatic rings. The zero-order valence-corrected chi connectivity index (χ0v) is 15.8. The van der Waals surface area contributed by atoms with E-state index in [1.165, 1.54) is 0 Å². The Morgan fingerprint density at radius 3 is 2.45 bits per heavy atom. The van der Waals surface area contributed by atoms with E-state index in [0.717, 1.165) is 0 Å². The summed E-state index contributed by atoms with van der Waals surface area (Å²) in [6, 6.07) is 12.1. The molecule has 29 heavy (non-hydrogen) atoms. The van der Waals surface area contributed by atoms with Gasteiger partial charge in [0.15, 0.2) is 0 Å². The number of aromatic nitrogens is 2. The van der Waals surface area contributed by atoms with Crippen LogP contribution in [0.1, 0.15) is 26.5 Å². The van der Waals surface area contributed by atoms with Crippen LogP contribution in [-0.4, -0.2) is 52.9 Å². The molecule has 148 valence electrons. The second-order valence-electron chi connectivity index (χ2n) is 6.67. The minimum absolute atomic E-state index is 0.0840. The Kier molecular flexibility index (Phi) is 5.51. The third kappa shape index (κ3) is 4.43. The van der Waals surface area contributed by atoms with E-state index in [2.05, 4.69) is 20.2 Å². The van der Waals surface area contributed by atoms with Gasteiger partial charge >= 0.3 is 0 Å². The minimum Gasteiger partial charge on any atom is -0.467 e. The first-order chi connectivity index (χ1) is 14.2. The van der Waals surface area contributed by atoms with Crippen LogP contribution >= 0.6 is 0 Å². The van der Waals surface area contributed by atoms with Gasteiger partial charge in [-0.3, -0.25) is 9.59 Å². The Balaban J connectivity index is 1.36. The number of benzene rings is 1. The van der Waals surface area contributed by atoms with Gasteiger partial charge in [0.1, 0.15) is 5.76 Å². The number of furan rings is 1. The van der Waals surface area contributed by atoms with Gasteiger partial charge in [-0.2, -0.15) is 0 Å². The van der Waals surface area contributed by atoms with Crippen LogP contribution in [0.15, 0.2) is 65.5 Å². The van der Waals surface area contributed by atoms with Gasteiger partial charge in [0.05, 0.1) is 12.8 Å². The van der Waals surface area contributed by atoms with E-state index in [1.54, 1.807) is 66.0 Å². The molecule has 2 aromatic heterocycles. The number of hydrogen-bond donors (Lipinski definition) is 1. The van der Waals surface area contributed by atoms with Crippen LogP contribution in [0.3, 0.4) is 0 Å². The monoisotopic (exact) mass is 391 g/mol. The summed E-state index contributed by atoms with van der Waals surface area (Å²) in [6.45, 7) is 2.78. The van der Waals surface area contributed by atoms with E-state index in [1.807, 2.05) is 0 Å². The van der Waals surface area contributed by atoms with E-state index in [9.17, 15) is 9.59 Å². The normalized spacial score (nSPS) is 13.9. The van der Waals surface area contributed by atoms with Gasteiger partial charge in [0.25, 0.3) is 11.8 Å². The SMILES string of the molecule is O=C(NCc1ccco1)c1cccc(C(=O)N2CCN(c3ncccn3)CC2)c1. The Morgan fingerprint density at radius 2 is 1.72 bits per heavy atom. The van der Waals surface area contributed by atoms with Gasteiger partial charge in [0.2, 0.25) is 5.95 Å². The van der Waals surface area contributed by atoms with Gasteiger partial charge in [-0.1, -0.05) is 6.07 Å². The molecular weight excluding hydrogens is 370 g/mol. The molecule has 1 saturated heterocycles. The Bertz CT molecular complexity index is 967. The highest BCUT2D eigenvalue weighted by Crippen LogP contribution is 2.14. The average Bonchev–Trinajstić information content (AvgIpc) is 3.31. The van der Waals surface area contributed by atoms with Crippen molar-refractivity contribution < 1.29 is 14.0 Å². The predicted molar refractivity (Wildman–Crippen MR) is 106 cm³/mol. The van der Waals surface area contributed by atoms with Crippen LogP contribution < -0.4 is 10.2 Å². The van der Waals surface area contributed by atoms with E-state index in [4.69, 9.17) is 4.42 Å². The molecule has 0 aliphatic carbocycles. The van der Waals surface area contributed by atoms with Crippen LogP contribution in [0, 0.1) is 0 Å². The summed E-state index contributed by atoms with van der Waals surface area (Å²) in [5, 5.41) is 2.79. The zero-order chi connectivity index (χ0) is 20.1. The summed E-state index contributed by atoms with van der Waals surface area (Å²) < 4.78 is 5.21. The van der Waals surface area contributed by atoms with E-state index in [0.29, 0.717) is 55.6 Å². The first-order valence-corrected chi connectivity index (χ1v) is 9.42. The molecule has 4 rings (SSSR count). The van der Waals surface area contributed by atoms with Gasteiger partial charge in [0, 0.05) is 49.7 Å². The van der Waals surface area contributed by atoms with Crippen LogP contribution in [0.4, 0.5) is 5.95 Å². The lowest BCUT2D eigenvalue weighted by atomic mass is 10.1. The number of carbonyl (C=O) groups is 2. The molecule has 0 saturated carbocycles. The summed E-state index contributed by atoms with van der Waals surface area (Å²) in [5.41, 5.74) is 0.943. The third-order valence-corrected chi connectivity index (χ3v) is 4.78. The molecule has 1 aromatic carbocycles. The molecule has 3 aromatic rings. The Hall–Kier alpha value is -3.68. The number of nitrogens with one attached hydrogen (secondary N) is 1. The maximum atomic E-state index is 12.9. The largest absolute Gasteiger partial charge is 0.467 e. The maximum Gasteiger partial charge on any atom is 0.253 e. The first kappa shape index (κ1) is 18.7. The fourth-order valence-corrected chi connectivity index (χ4v) is 3.22. The summed E-state index contributed by atoms with van der Waals surface area (Å²) in [4.78, 5) is 37.6. The Labute approximate surface area is 168 Å².